The number of aromatic amines is 2. The fraction of sp³-hybridized carbons (Fsp3) is 0.200. The van der Waals surface area contributed by atoms with E-state index in [1.54, 1.807) is 12.4 Å². The van der Waals surface area contributed by atoms with Crippen LogP contribution in [0, 0.1) is 0 Å². The predicted octanol–water partition coefficient (Wildman–Crippen LogP) is 3.28. The molecule has 4 aromatic rings. The number of nitrogens with one attached hydrogen (secondary N) is 2. The summed E-state index contributed by atoms with van der Waals surface area (Å²) in [7, 11) is 0. The van der Waals surface area contributed by atoms with E-state index < -0.39 is 0 Å². The van der Waals surface area contributed by atoms with Gasteiger partial charge in [0.25, 0.3) is 5.56 Å². The first-order chi connectivity index (χ1) is 12.3. The maximum Gasteiger partial charge on any atom is 0.256 e. The quantitative estimate of drug-likeness (QED) is 0.567. The molecule has 0 radical (unpaired) electrons. The molecule has 1 aliphatic rings. The highest BCUT2D eigenvalue weighted by Crippen LogP contribution is 2.31. The zero-order valence-corrected chi connectivity index (χ0v) is 13.7. The number of pyridine rings is 1. The van der Waals surface area contributed by atoms with Crippen LogP contribution in [0.15, 0.2) is 53.7 Å². The smallest absolute Gasteiger partial charge is 0.256 e. The van der Waals surface area contributed by atoms with Crippen molar-refractivity contribution in [2.24, 2.45) is 0 Å². The first kappa shape index (κ1) is 14.4. The zero-order valence-electron chi connectivity index (χ0n) is 13.7. The third kappa shape index (κ3) is 2.36. The summed E-state index contributed by atoms with van der Waals surface area (Å²) in [5.41, 5.74) is 3.33. The molecule has 0 amide bonds. The van der Waals surface area contributed by atoms with Crippen LogP contribution >= 0.6 is 0 Å². The maximum absolute atomic E-state index is 12.5. The van der Waals surface area contributed by atoms with Gasteiger partial charge in [0, 0.05) is 24.5 Å². The van der Waals surface area contributed by atoms with Crippen LogP contribution in [0.1, 0.15) is 12.0 Å². The van der Waals surface area contributed by atoms with Crippen molar-refractivity contribution in [2.75, 3.05) is 13.1 Å². The van der Waals surface area contributed by atoms with Gasteiger partial charge in [-0.15, -0.1) is 0 Å². The first-order valence-corrected chi connectivity index (χ1v) is 8.58. The van der Waals surface area contributed by atoms with Crippen LogP contribution < -0.4 is 5.56 Å². The van der Waals surface area contributed by atoms with E-state index in [9.17, 15) is 4.79 Å². The number of hydrogen-bond acceptors (Lipinski definition) is 3. The lowest BCUT2D eigenvalue weighted by Gasteiger charge is -2.31. The van der Waals surface area contributed by atoms with E-state index in [4.69, 9.17) is 0 Å². The molecule has 5 rings (SSSR count). The molecule has 2 N–H and O–H groups in total. The average molecular weight is 330 g/mol. The number of nitrogens with zero attached hydrogens (tertiary/aromatic N) is 2. The van der Waals surface area contributed by atoms with Gasteiger partial charge in [0.2, 0.25) is 0 Å². The monoisotopic (exact) mass is 330 g/mol. The summed E-state index contributed by atoms with van der Waals surface area (Å²) in [4.78, 5) is 17.8. The van der Waals surface area contributed by atoms with Crippen molar-refractivity contribution in [3.05, 3.63) is 64.8 Å². The highest BCUT2D eigenvalue weighted by Gasteiger charge is 2.17. The first-order valence-electron chi connectivity index (χ1n) is 8.58. The normalized spacial score (nSPS) is 14.9. The summed E-state index contributed by atoms with van der Waals surface area (Å²) in [6.07, 6.45) is 6.68. The molecule has 1 saturated heterocycles. The van der Waals surface area contributed by atoms with Crippen molar-refractivity contribution in [3.63, 3.8) is 0 Å². The van der Waals surface area contributed by atoms with Gasteiger partial charge in [-0.1, -0.05) is 12.1 Å². The Labute approximate surface area is 144 Å². The largest absolute Gasteiger partial charge is 0.329 e. The summed E-state index contributed by atoms with van der Waals surface area (Å²) in [5, 5.41) is 10.8. The lowest BCUT2D eigenvalue weighted by atomic mass is 9.94. The SMILES string of the molecule is O=c1[nH]ccc2cc(CN3CCC3)c3ccc(-c4cn[nH]c4)cc3c12. The molecular formula is C20H18N4O. The van der Waals surface area contributed by atoms with Gasteiger partial charge in [0.15, 0.2) is 0 Å². The fourth-order valence-electron chi connectivity index (χ4n) is 3.69. The van der Waals surface area contributed by atoms with Crippen molar-refractivity contribution in [1.29, 1.82) is 0 Å². The minimum Gasteiger partial charge on any atom is -0.329 e. The van der Waals surface area contributed by atoms with Crippen LogP contribution in [0.4, 0.5) is 0 Å². The Hall–Kier alpha value is -2.92. The Kier molecular flexibility index (Phi) is 3.21. The van der Waals surface area contributed by atoms with E-state index >= 15 is 0 Å². The van der Waals surface area contributed by atoms with Crippen molar-refractivity contribution >= 4 is 21.5 Å². The zero-order chi connectivity index (χ0) is 16.8. The average Bonchev–Trinajstić information content (AvgIpc) is 3.12. The van der Waals surface area contributed by atoms with Crippen LogP contribution in [0.2, 0.25) is 0 Å². The maximum atomic E-state index is 12.5. The van der Waals surface area contributed by atoms with Crippen LogP contribution in [0.3, 0.4) is 0 Å². The molecule has 1 fully saturated rings. The summed E-state index contributed by atoms with van der Waals surface area (Å²) in [6, 6.07) is 10.5. The highest BCUT2D eigenvalue weighted by molar-refractivity contribution is 6.09. The topological polar surface area (TPSA) is 64.8 Å². The molecule has 0 unspecified atom stereocenters. The molecule has 0 bridgehead atoms. The van der Waals surface area contributed by atoms with Gasteiger partial charge in [-0.05, 0) is 65.0 Å². The van der Waals surface area contributed by atoms with E-state index in [1.165, 1.54) is 12.0 Å². The standard InChI is InChI=1S/C20H18N4O/c25-20-19-14(4-5-21-20)8-15(12-24-6-1-7-24)17-3-2-13(9-18(17)19)16-10-22-23-11-16/h2-5,8-11H,1,6-7,12H2,(H,21,25)(H,22,23). The molecule has 2 aromatic carbocycles. The van der Waals surface area contributed by atoms with Gasteiger partial charge < -0.3 is 4.98 Å². The minimum atomic E-state index is -0.0395. The Bertz CT molecular complexity index is 1120. The summed E-state index contributed by atoms with van der Waals surface area (Å²) >= 11 is 0. The van der Waals surface area contributed by atoms with E-state index in [0.717, 1.165) is 52.3 Å². The number of aromatic nitrogens is 3. The number of benzene rings is 2. The minimum absolute atomic E-state index is 0.0395. The number of H-pyrrole nitrogens is 2. The van der Waals surface area contributed by atoms with Crippen LogP contribution in [0.5, 0.6) is 0 Å². The Morgan fingerprint density at radius 2 is 2.00 bits per heavy atom. The predicted molar refractivity (Wildman–Crippen MR) is 99.6 cm³/mol. The molecule has 2 aromatic heterocycles. The summed E-state index contributed by atoms with van der Waals surface area (Å²) in [6.45, 7) is 3.24. The van der Waals surface area contributed by atoms with E-state index in [2.05, 4.69) is 44.3 Å². The third-order valence-electron chi connectivity index (χ3n) is 5.13. The molecule has 0 saturated carbocycles. The second-order valence-electron chi connectivity index (χ2n) is 6.68. The molecule has 1 aliphatic heterocycles. The molecule has 124 valence electrons. The van der Waals surface area contributed by atoms with Crippen molar-refractivity contribution < 1.29 is 0 Å². The fourth-order valence-corrected chi connectivity index (χ4v) is 3.69. The van der Waals surface area contributed by atoms with Crippen LogP contribution in [-0.4, -0.2) is 33.2 Å². The highest BCUT2D eigenvalue weighted by atomic mass is 16.1. The van der Waals surface area contributed by atoms with Crippen molar-refractivity contribution in [2.45, 2.75) is 13.0 Å². The molecule has 0 atom stereocenters. The van der Waals surface area contributed by atoms with Gasteiger partial charge in [-0.3, -0.25) is 14.8 Å². The molecule has 25 heavy (non-hydrogen) atoms. The molecule has 5 heteroatoms. The molecular weight excluding hydrogens is 312 g/mol. The second kappa shape index (κ2) is 5.57. The van der Waals surface area contributed by atoms with Gasteiger partial charge in [-0.2, -0.15) is 5.10 Å². The van der Waals surface area contributed by atoms with E-state index in [-0.39, 0.29) is 5.56 Å². The van der Waals surface area contributed by atoms with Gasteiger partial charge in [0.1, 0.15) is 0 Å². The molecule has 0 aliphatic carbocycles. The Balaban J connectivity index is 1.81. The third-order valence-corrected chi connectivity index (χ3v) is 5.13. The second-order valence-corrected chi connectivity index (χ2v) is 6.68. The Morgan fingerprint density at radius 1 is 1.08 bits per heavy atom. The summed E-state index contributed by atoms with van der Waals surface area (Å²) < 4.78 is 0. The number of rotatable bonds is 3. The number of hydrogen-bond donors (Lipinski definition) is 2. The van der Waals surface area contributed by atoms with Gasteiger partial charge in [-0.25, -0.2) is 0 Å². The van der Waals surface area contributed by atoms with Crippen LogP contribution in [-0.2, 0) is 6.54 Å². The molecule has 0 spiro atoms. The van der Waals surface area contributed by atoms with Crippen LogP contribution in [0.25, 0.3) is 32.7 Å². The lowest BCUT2D eigenvalue weighted by molar-refractivity contribution is 0.173. The summed E-state index contributed by atoms with van der Waals surface area (Å²) in [5.74, 6) is 0. The number of fused-ring (bicyclic) bond motifs is 3. The molecule has 3 heterocycles. The Morgan fingerprint density at radius 3 is 2.76 bits per heavy atom. The molecule has 5 nitrogen and oxygen atoms in total. The van der Waals surface area contributed by atoms with Gasteiger partial charge >= 0.3 is 0 Å². The van der Waals surface area contributed by atoms with Gasteiger partial charge in [0.05, 0.1) is 11.6 Å². The van der Waals surface area contributed by atoms with Crippen molar-refractivity contribution in [3.8, 4) is 11.1 Å². The lowest BCUT2D eigenvalue weighted by Crippen LogP contribution is -2.36. The van der Waals surface area contributed by atoms with E-state index in [0.29, 0.717) is 0 Å². The van der Waals surface area contributed by atoms with E-state index in [1.807, 2.05) is 12.3 Å². The number of likely N-dealkylation sites (tertiary alicyclic amines) is 1. The van der Waals surface area contributed by atoms with Crippen molar-refractivity contribution in [1.82, 2.24) is 20.1 Å².